The number of hydrogen-bond donors (Lipinski definition) is 0. The van der Waals surface area contributed by atoms with Gasteiger partial charge in [0.2, 0.25) is 0 Å². The third-order valence-corrected chi connectivity index (χ3v) is 1.89. The summed E-state index contributed by atoms with van der Waals surface area (Å²) in [6.45, 7) is 0. The maximum atomic E-state index is 11.1. The number of ether oxygens (including phenoxy) is 2. The topological polar surface area (TPSA) is 35.5 Å². The lowest BCUT2D eigenvalue weighted by molar-refractivity contribution is -0.133. The van der Waals surface area contributed by atoms with Crippen LogP contribution in [0, 0.1) is 0 Å². The SMILES string of the molecule is COC1CCC(OC)C1=O. The first kappa shape index (κ1) is 7.69. The van der Waals surface area contributed by atoms with Gasteiger partial charge in [-0.2, -0.15) is 0 Å². The normalized spacial score (nSPS) is 33.2. The second-order valence-corrected chi connectivity index (χ2v) is 2.43. The van der Waals surface area contributed by atoms with E-state index in [1.165, 1.54) is 0 Å². The number of methoxy groups -OCH3 is 2. The number of Topliss-reactive ketones (excluding diaryl/α,β-unsaturated/α-hetero) is 1. The summed E-state index contributed by atoms with van der Waals surface area (Å²) in [5.41, 5.74) is 0. The van der Waals surface area contributed by atoms with Gasteiger partial charge in [-0.1, -0.05) is 0 Å². The van der Waals surface area contributed by atoms with E-state index >= 15 is 0 Å². The van der Waals surface area contributed by atoms with Crippen LogP contribution in [0.1, 0.15) is 12.8 Å². The van der Waals surface area contributed by atoms with Gasteiger partial charge in [-0.15, -0.1) is 0 Å². The summed E-state index contributed by atoms with van der Waals surface area (Å²) in [7, 11) is 3.11. The highest BCUT2D eigenvalue weighted by molar-refractivity contribution is 5.89. The third-order valence-electron chi connectivity index (χ3n) is 1.89. The van der Waals surface area contributed by atoms with Crippen molar-refractivity contribution in [2.45, 2.75) is 25.0 Å². The molecular weight excluding hydrogens is 132 g/mol. The fourth-order valence-corrected chi connectivity index (χ4v) is 1.26. The maximum Gasteiger partial charge on any atom is 0.190 e. The zero-order chi connectivity index (χ0) is 7.56. The molecule has 1 fully saturated rings. The third kappa shape index (κ3) is 1.20. The Hall–Kier alpha value is -0.410. The molecule has 58 valence electrons. The molecule has 0 spiro atoms. The molecule has 1 rings (SSSR count). The highest BCUT2D eigenvalue weighted by Crippen LogP contribution is 2.19. The number of hydrogen-bond acceptors (Lipinski definition) is 3. The summed E-state index contributed by atoms with van der Waals surface area (Å²) in [6, 6.07) is 0. The molecule has 0 aliphatic heterocycles. The Morgan fingerprint density at radius 3 is 1.80 bits per heavy atom. The van der Waals surface area contributed by atoms with Crippen molar-refractivity contribution < 1.29 is 14.3 Å². The van der Waals surface area contributed by atoms with Crippen LogP contribution in [0.3, 0.4) is 0 Å². The summed E-state index contributed by atoms with van der Waals surface area (Å²) < 4.78 is 9.85. The van der Waals surface area contributed by atoms with E-state index in [-0.39, 0.29) is 18.0 Å². The van der Waals surface area contributed by atoms with Crippen LogP contribution in [0.15, 0.2) is 0 Å². The van der Waals surface area contributed by atoms with Gasteiger partial charge < -0.3 is 9.47 Å². The zero-order valence-corrected chi connectivity index (χ0v) is 6.29. The summed E-state index contributed by atoms with van der Waals surface area (Å²) in [5, 5.41) is 0. The van der Waals surface area contributed by atoms with E-state index in [2.05, 4.69) is 0 Å². The van der Waals surface area contributed by atoms with E-state index in [0.717, 1.165) is 12.8 Å². The van der Waals surface area contributed by atoms with E-state index in [1.807, 2.05) is 0 Å². The minimum Gasteiger partial charge on any atom is -0.374 e. The Bertz CT molecular complexity index is 119. The van der Waals surface area contributed by atoms with E-state index in [4.69, 9.17) is 9.47 Å². The number of carbonyl (C=O) groups is 1. The molecule has 1 aliphatic carbocycles. The second-order valence-electron chi connectivity index (χ2n) is 2.43. The van der Waals surface area contributed by atoms with Gasteiger partial charge in [0, 0.05) is 14.2 Å². The monoisotopic (exact) mass is 144 g/mol. The molecule has 2 atom stereocenters. The molecule has 0 radical (unpaired) electrons. The molecule has 0 amide bonds. The molecule has 0 saturated heterocycles. The van der Waals surface area contributed by atoms with Crippen LogP contribution in [0.25, 0.3) is 0 Å². The molecule has 1 aliphatic rings. The van der Waals surface area contributed by atoms with Crippen molar-refractivity contribution in [2.24, 2.45) is 0 Å². The van der Waals surface area contributed by atoms with Crippen LogP contribution >= 0.6 is 0 Å². The first-order valence-corrected chi connectivity index (χ1v) is 3.39. The van der Waals surface area contributed by atoms with Crippen molar-refractivity contribution in [1.29, 1.82) is 0 Å². The molecule has 0 aromatic carbocycles. The fourth-order valence-electron chi connectivity index (χ4n) is 1.26. The predicted octanol–water partition coefficient (Wildman–Crippen LogP) is 0.379. The van der Waals surface area contributed by atoms with Crippen molar-refractivity contribution >= 4 is 5.78 Å². The number of ketones is 1. The molecule has 0 aromatic rings. The van der Waals surface area contributed by atoms with E-state index in [9.17, 15) is 4.79 Å². The highest BCUT2D eigenvalue weighted by Gasteiger charge is 2.33. The Morgan fingerprint density at radius 1 is 1.20 bits per heavy atom. The maximum absolute atomic E-state index is 11.1. The molecule has 3 nitrogen and oxygen atoms in total. The van der Waals surface area contributed by atoms with E-state index in [0.29, 0.717) is 0 Å². The van der Waals surface area contributed by atoms with Crippen LogP contribution < -0.4 is 0 Å². The molecular formula is C7H12O3. The van der Waals surface area contributed by atoms with E-state index in [1.54, 1.807) is 14.2 Å². The molecule has 0 bridgehead atoms. The van der Waals surface area contributed by atoms with Gasteiger partial charge in [0.25, 0.3) is 0 Å². The molecule has 0 aromatic heterocycles. The Morgan fingerprint density at radius 2 is 1.60 bits per heavy atom. The zero-order valence-electron chi connectivity index (χ0n) is 6.29. The lowest BCUT2D eigenvalue weighted by atomic mass is 10.3. The van der Waals surface area contributed by atoms with Gasteiger partial charge in [0.1, 0.15) is 12.2 Å². The molecule has 1 saturated carbocycles. The molecule has 0 N–H and O–H groups in total. The van der Waals surface area contributed by atoms with Crippen LogP contribution in [-0.4, -0.2) is 32.2 Å². The van der Waals surface area contributed by atoms with Gasteiger partial charge in [0.05, 0.1) is 0 Å². The van der Waals surface area contributed by atoms with Gasteiger partial charge in [-0.25, -0.2) is 0 Å². The quantitative estimate of drug-likeness (QED) is 0.562. The van der Waals surface area contributed by atoms with Crippen LogP contribution in [0.5, 0.6) is 0 Å². The smallest absolute Gasteiger partial charge is 0.190 e. The molecule has 2 unspecified atom stereocenters. The van der Waals surface area contributed by atoms with Crippen molar-refractivity contribution in [1.82, 2.24) is 0 Å². The van der Waals surface area contributed by atoms with Crippen molar-refractivity contribution in [3.63, 3.8) is 0 Å². The van der Waals surface area contributed by atoms with Crippen molar-refractivity contribution in [3.05, 3.63) is 0 Å². The largest absolute Gasteiger partial charge is 0.374 e. The highest BCUT2D eigenvalue weighted by atomic mass is 16.5. The van der Waals surface area contributed by atoms with Gasteiger partial charge in [0.15, 0.2) is 5.78 Å². The average molecular weight is 144 g/mol. The van der Waals surface area contributed by atoms with Crippen molar-refractivity contribution in [2.75, 3.05) is 14.2 Å². The van der Waals surface area contributed by atoms with E-state index < -0.39 is 0 Å². The lowest BCUT2D eigenvalue weighted by Gasteiger charge is -2.06. The molecule has 3 heteroatoms. The van der Waals surface area contributed by atoms with Crippen LogP contribution in [0.2, 0.25) is 0 Å². The first-order valence-electron chi connectivity index (χ1n) is 3.39. The number of rotatable bonds is 2. The second kappa shape index (κ2) is 3.12. The summed E-state index contributed by atoms with van der Waals surface area (Å²) in [5.74, 6) is 0.0880. The minimum absolute atomic E-state index is 0.0880. The summed E-state index contributed by atoms with van der Waals surface area (Å²) in [4.78, 5) is 11.1. The fraction of sp³-hybridized carbons (Fsp3) is 0.857. The standard InChI is InChI=1S/C7H12O3/c1-9-5-3-4-6(10-2)7(5)8/h5-6H,3-4H2,1-2H3. The summed E-state index contributed by atoms with van der Waals surface area (Å²) >= 11 is 0. The Balaban J connectivity index is 2.49. The predicted molar refractivity (Wildman–Crippen MR) is 35.8 cm³/mol. The molecule has 10 heavy (non-hydrogen) atoms. The Labute approximate surface area is 60.3 Å². The number of carbonyl (C=O) groups excluding carboxylic acids is 1. The van der Waals surface area contributed by atoms with Crippen LogP contribution in [0.4, 0.5) is 0 Å². The Kier molecular flexibility index (Phi) is 2.40. The summed E-state index contributed by atoms with van der Waals surface area (Å²) in [6.07, 6.45) is 1.16. The van der Waals surface area contributed by atoms with Crippen molar-refractivity contribution in [3.8, 4) is 0 Å². The molecule has 0 heterocycles. The average Bonchev–Trinajstić information content (AvgIpc) is 2.30. The van der Waals surface area contributed by atoms with Gasteiger partial charge in [-0.3, -0.25) is 4.79 Å². The van der Waals surface area contributed by atoms with Gasteiger partial charge >= 0.3 is 0 Å². The van der Waals surface area contributed by atoms with Crippen LogP contribution in [-0.2, 0) is 14.3 Å². The lowest BCUT2D eigenvalue weighted by Crippen LogP contribution is -2.25. The first-order chi connectivity index (χ1) is 4.79. The minimum atomic E-state index is -0.218. The van der Waals surface area contributed by atoms with Gasteiger partial charge in [-0.05, 0) is 12.8 Å².